The van der Waals surface area contributed by atoms with Crippen LogP contribution in [0.4, 0.5) is 0 Å². The first-order chi connectivity index (χ1) is 26.6. The lowest BCUT2D eigenvalue weighted by molar-refractivity contribution is -0.316. The molecule has 0 amide bonds. The number of benzene rings is 2. The molecule has 1 aliphatic carbocycles. The van der Waals surface area contributed by atoms with Gasteiger partial charge >= 0.3 is 11.9 Å². The molecule has 24 nitrogen and oxygen atoms in total. The summed E-state index contributed by atoms with van der Waals surface area (Å²) in [6.07, 6.45) is -18.6. The van der Waals surface area contributed by atoms with Gasteiger partial charge in [-0.3, -0.25) is 0 Å². The molecule has 55 heavy (non-hydrogen) atoms. The van der Waals surface area contributed by atoms with E-state index in [2.05, 4.69) is 40.1 Å². The van der Waals surface area contributed by atoms with Crippen LogP contribution in [-0.2, 0) is 28.4 Å². The van der Waals surface area contributed by atoms with E-state index in [9.17, 15) is 41.1 Å². The fourth-order valence-electron chi connectivity index (χ4n) is 6.38. The Kier molecular flexibility index (Phi) is 14.0. The van der Waals surface area contributed by atoms with E-state index in [1.54, 1.807) is 36.4 Å². The van der Waals surface area contributed by atoms with E-state index in [1.807, 2.05) is 0 Å². The SMILES string of the molecule is [N-]=[N+]=NC[C@H]1O[C@@H](OC2C(N=[N+]=[N-])[C@@H](O[C@@H]3C(N=[N+]=[N-])CC(N=[N+]=[N-])C(O)C3O)OC(CO)[C@H]2O)C(OC(=O)c2ccccc2)C1OC(=O)c1ccccc1. The highest BCUT2D eigenvalue weighted by molar-refractivity contribution is 5.90. The number of esters is 2. The highest BCUT2D eigenvalue weighted by Gasteiger charge is 2.56. The summed E-state index contributed by atoms with van der Waals surface area (Å²) >= 11 is 0. The molecule has 9 unspecified atom stereocenters. The first-order valence-electron chi connectivity index (χ1n) is 16.6. The lowest BCUT2D eigenvalue weighted by atomic mass is 9.84. The number of azide groups is 4. The van der Waals surface area contributed by atoms with Gasteiger partial charge in [-0.05, 0) is 52.8 Å². The number of hydrogen-bond donors (Lipinski definition) is 4. The summed E-state index contributed by atoms with van der Waals surface area (Å²) in [6, 6.07) is 11.2. The maximum atomic E-state index is 13.4. The third-order valence-corrected chi connectivity index (χ3v) is 9.03. The van der Waals surface area contributed by atoms with E-state index < -0.39 is 111 Å². The van der Waals surface area contributed by atoms with E-state index in [4.69, 9.17) is 39.5 Å². The number of nitrogens with zero attached hydrogens (tertiary/aromatic N) is 12. The van der Waals surface area contributed by atoms with Gasteiger partial charge in [0, 0.05) is 19.6 Å². The molecule has 0 spiro atoms. The van der Waals surface area contributed by atoms with Crippen molar-refractivity contribution in [3.05, 3.63) is 114 Å². The average molecular weight is 767 g/mol. The summed E-state index contributed by atoms with van der Waals surface area (Å²) in [5.41, 5.74) is 37.0. The quantitative estimate of drug-likeness (QED) is 0.0932. The van der Waals surface area contributed by atoms with Gasteiger partial charge in [0.25, 0.3) is 0 Å². The summed E-state index contributed by atoms with van der Waals surface area (Å²) in [4.78, 5) is 37.6. The minimum atomic E-state index is -1.87. The summed E-state index contributed by atoms with van der Waals surface area (Å²) in [7, 11) is 0. The predicted octanol–water partition coefficient (Wildman–Crippen LogP) is 2.48. The second-order valence-corrected chi connectivity index (χ2v) is 12.3. The van der Waals surface area contributed by atoms with Crippen molar-refractivity contribution >= 4 is 11.9 Å². The normalized spacial score (nSPS) is 34.0. The van der Waals surface area contributed by atoms with Crippen LogP contribution in [0.2, 0.25) is 0 Å². The van der Waals surface area contributed by atoms with Crippen LogP contribution in [0.1, 0.15) is 27.1 Å². The van der Waals surface area contributed by atoms with Crippen LogP contribution in [0, 0.1) is 0 Å². The number of aliphatic hydroxyl groups is 4. The van der Waals surface area contributed by atoms with Gasteiger partial charge in [0.05, 0.1) is 48.6 Å². The molecule has 2 saturated heterocycles. The number of aliphatic hydroxyl groups excluding tert-OH is 4. The maximum Gasteiger partial charge on any atom is 0.338 e. The van der Waals surface area contributed by atoms with Crippen LogP contribution in [0.5, 0.6) is 0 Å². The van der Waals surface area contributed by atoms with E-state index in [1.165, 1.54) is 24.3 Å². The molecule has 3 fully saturated rings. The lowest BCUT2D eigenvalue weighted by Gasteiger charge is -2.46. The van der Waals surface area contributed by atoms with E-state index in [0.29, 0.717) is 0 Å². The second-order valence-electron chi connectivity index (χ2n) is 12.3. The standard InChI is InChI=1S/C31H34N12O12/c32-40-36-12-18-25(52-28(48)14-7-3-1-4-8-14)27(53-29(49)15-9-5-2-6-10-15)31(50-18)55-26-20(39-43-35)30(51-19(13-44)22(26)46)54-24-17(38-42-34)11-16(37-41-33)21(45)23(24)47/h1-10,16-27,30-31,44-47H,11-13H2/t16?,17?,18-,19?,20?,21?,22-,23?,24-,25?,26?,27?,30-,31+/m1/s1. The molecule has 5 rings (SSSR count). The van der Waals surface area contributed by atoms with Gasteiger partial charge < -0.3 is 48.8 Å². The first-order valence-corrected chi connectivity index (χ1v) is 16.6. The minimum Gasteiger partial charge on any atom is -0.452 e. The Hall–Kier alpha value is -5.70. The molecule has 2 aromatic rings. The van der Waals surface area contributed by atoms with Crippen LogP contribution in [-0.4, -0.2) is 131 Å². The molecular weight excluding hydrogens is 732 g/mol. The third-order valence-electron chi connectivity index (χ3n) is 9.03. The average Bonchev–Trinajstić information content (AvgIpc) is 3.51. The minimum absolute atomic E-state index is 0.0743. The zero-order chi connectivity index (χ0) is 39.5. The van der Waals surface area contributed by atoms with E-state index in [0.717, 1.165) is 0 Å². The highest BCUT2D eigenvalue weighted by Crippen LogP contribution is 2.37. The molecule has 1 saturated carbocycles. The zero-order valence-electron chi connectivity index (χ0n) is 28.4. The monoisotopic (exact) mass is 766 g/mol. The Labute approximate surface area is 309 Å². The van der Waals surface area contributed by atoms with E-state index in [-0.39, 0.29) is 17.5 Å². The van der Waals surface area contributed by atoms with Gasteiger partial charge in [-0.2, -0.15) is 0 Å². The van der Waals surface area contributed by atoms with Gasteiger partial charge in [-0.25, -0.2) is 9.59 Å². The van der Waals surface area contributed by atoms with Crippen molar-refractivity contribution in [2.24, 2.45) is 20.5 Å². The Bertz CT molecular complexity index is 1840. The maximum absolute atomic E-state index is 13.4. The van der Waals surface area contributed by atoms with Gasteiger partial charge in [0.1, 0.15) is 36.6 Å². The summed E-state index contributed by atoms with van der Waals surface area (Å²) in [5.74, 6) is -1.80. The van der Waals surface area contributed by atoms with Gasteiger partial charge in [0.15, 0.2) is 24.8 Å². The fraction of sp³-hybridized carbons (Fsp3) is 0.548. The summed E-state index contributed by atoms with van der Waals surface area (Å²) < 4.78 is 35.4. The Balaban J connectivity index is 1.50. The number of carbonyl (C=O) groups is 2. The van der Waals surface area contributed by atoms with Crippen LogP contribution >= 0.6 is 0 Å². The Morgan fingerprint density at radius 3 is 1.76 bits per heavy atom. The molecule has 2 aromatic carbocycles. The predicted molar refractivity (Wildman–Crippen MR) is 181 cm³/mol. The van der Waals surface area contributed by atoms with Crippen molar-refractivity contribution in [2.75, 3.05) is 13.2 Å². The van der Waals surface area contributed by atoms with Crippen molar-refractivity contribution in [3.63, 3.8) is 0 Å². The lowest BCUT2D eigenvalue weighted by Crippen LogP contribution is -2.63. The van der Waals surface area contributed by atoms with Crippen molar-refractivity contribution in [3.8, 4) is 0 Å². The second kappa shape index (κ2) is 19.1. The van der Waals surface area contributed by atoms with Crippen molar-refractivity contribution in [1.29, 1.82) is 0 Å². The number of rotatable bonds is 14. The largest absolute Gasteiger partial charge is 0.452 e. The Morgan fingerprint density at radius 2 is 1.20 bits per heavy atom. The highest BCUT2D eigenvalue weighted by atomic mass is 16.8. The molecule has 0 radical (unpaired) electrons. The Morgan fingerprint density at radius 1 is 0.655 bits per heavy atom. The fourth-order valence-corrected chi connectivity index (χ4v) is 6.38. The van der Waals surface area contributed by atoms with Crippen LogP contribution in [0.25, 0.3) is 41.8 Å². The van der Waals surface area contributed by atoms with Crippen LogP contribution in [0.15, 0.2) is 81.1 Å². The van der Waals surface area contributed by atoms with Crippen LogP contribution in [0.3, 0.4) is 0 Å². The molecule has 2 heterocycles. The summed E-state index contributed by atoms with van der Waals surface area (Å²) in [6.45, 7) is -1.35. The number of carbonyl (C=O) groups excluding carboxylic acids is 2. The van der Waals surface area contributed by atoms with Gasteiger partial charge in [0.2, 0.25) is 0 Å². The third kappa shape index (κ3) is 9.34. The molecular formula is C31H34N12O12. The van der Waals surface area contributed by atoms with E-state index >= 15 is 0 Å². The van der Waals surface area contributed by atoms with Crippen molar-refractivity contribution in [2.45, 2.75) is 92.1 Å². The summed E-state index contributed by atoms with van der Waals surface area (Å²) in [5, 5.41) is 57.4. The molecule has 290 valence electrons. The molecule has 0 bridgehead atoms. The van der Waals surface area contributed by atoms with Crippen molar-refractivity contribution in [1.82, 2.24) is 0 Å². The number of hydrogen-bond acceptors (Lipinski definition) is 16. The molecule has 4 N–H and O–H groups in total. The first kappa shape index (κ1) is 40.5. The molecule has 0 aromatic heterocycles. The van der Waals surface area contributed by atoms with Gasteiger partial charge in [-0.1, -0.05) is 56.9 Å². The molecule has 3 aliphatic rings. The van der Waals surface area contributed by atoms with Crippen LogP contribution < -0.4 is 0 Å². The molecule has 24 heteroatoms. The zero-order valence-corrected chi connectivity index (χ0v) is 28.4. The molecule has 14 atom stereocenters. The number of ether oxygens (including phenoxy) is 6. The van der Waals surface area contributed by atoms with Gasteiger partial charge in [-0.15, -0.1) is 0 Å². The van der Waals surface area contributed by atoms with Crippen molar-refractivity contribution < 1.29 is 58.4 Å². The smallest absolute Gasteiger partial charge is 0.338 e. The topological polar surface area (TPSA) is 365 Å². The molecule has 2 aliphatic heterocycles.